The first-order chi connectivity index (χ1) is 14.7. The number of phenolic OH excluding ortho intramolecular Hbond substituents is 1. The van der Waals surface area contributed by atoms with Gasteiger partial charge in [0.15, 0.2) is 5.13 Å². The van der Waals surface area contributed by atoms with Crippen molar-refractivity contribution in [2.75, 3.05) is 5.32 Å². The number of aromatic nitrogens is 1. The zero-order valence-electron chi connectivity index (χ0n) is 15.8. The fraction of sp³-hybridized carbons (Fsp3) is 0. The molecule has 1 amide bonds. The number of nitrogens with zero attached hydrogens (tertiary/aromatic N) is 2. The molecule has 30 heavy (non-hydrogen) atoms. The molecule has 0 saturated carbocycles. The molecule has 7 heteroatoms. The van der Waals surface area contributed by atoms with E-state index in [9.17, 15) is 9.90 Å². The van der Waals surface area contributed by atoms with E-state index in [-0.39, 0.29) is 11.7 Å². The zero-order chi connectivity index (χ0) is 20.8. The standard InChI is InChI=1S/C23H18N4O2S/c28-21-9-5-4-8-18(21)14-24-27-22(29)17-10-12-19(13-11-17)25-23-26-20(15-30-23)16-6-2-1-3-7-16/h1-15,28H,(H,25,26)(H,27,29). The summed E-state index contributed by atoms with van der Waals surface area (Å²) in [6, 6.07) is 23.8. The smallest absolute Gasteiger partial charge is 0.271 e. The Morgan fingerprint density at radius 3 is 2.47 bits per heavy atom. The molecule has 0 fully saturated rings. The first-order valence-corrected chi connectivity index (χ1v) is 10.1. The summed E-state index contributed by atoms with van der Waals surface area (Å²) in [5.41, 5.74) is 6.27. The van der Waals surface area contributed by atoms with Gasteiger partial charge in [-0.15, -0.1) is 11.3 Å². The Hall–Kier alpha value is -3.97. The second-order valence-electron chi connectivity index (χ2n) is 6.36. The Kier molecular flexibility index (Phi) is 5.82. The predicted octanol–water partition coefficient (Wildman–Crippen LogP) is 5.02. The van der Waals surface area contributed by atoms with E-state index in [1.165, 1.54) is 17.6 Å². The van der Waals surface area contributed by atoms with Crippen molar-refractivity contribution in [3.8, 4) is 17.0 Å². The predicted molar refractivity (Wildman–Crippen MR) is 120 cm³/mol. The van der Waals surface area contributed by atoms with Crippen molar-refractivity contribution in [1.82, 2.24) is 10.4 Å². The third kappa shape index (κ3) is 4.71. The van der Waals surface area contributed by atoms with Crippen molar-refractivity contribution in [3.05, 3.63) is 95.4 Å². The fourth-order valence-electron chi connectivity index (χ4n) is 2.72. The summed E-state index contributed by atoms with van der Waals surface area (Å²) in [7, 11) is 0. The number of hydrogen-bond donors (Lipinski definition) is 3. The van der Waals surface area contributed by atoms with Crippen LogP contribution in [0.5, 0.6) is 5.75 Å². The molecule has 0 unspecified atom stereocenters. The van der Waals surface area contributed by atoms with Gasteiger partial charge in [0.1, 0.15) is 5.75 Å². The second-order valence-corrected chi connectivity index (χ2v) is 7.22. The van der Waals surface area contributed by atoms with Gasteiger partial charge in [0.05, 0.1) is 11.9 Å². The maximum Gasteiger partial charge on any atom is 0.271 e. The van der Waals surface area contributed by atoms with Gasteiger partial charge in [-0.1, -0.05) is 42.5 Å². The molecule has 0 bridgehead atoms. The Labute approximate surface area is 177 Å². The number of phenols is 1. The van der Waals surface area contributed by atoms with E-state index in [1.54, 1.807) is 36.4 Å². The number of aromatic hydroxyl groups is 1. The number of amides is 1. The lowest BCUT2D eigenvalue weighted by Crippen LogP contribution is -2.17. The molecule has 1 aromatic heterocycles. The van der Waals surface area contributed by atoms with Crippen molar-refractivity contribution in [2.45, 2.75) is 0 Å². The number of anilines is 2. The van der Waals surface area contributed by atoms with Crippen molar-refractivity contribution < 1.29 is 9.90 Å². The van der Waals surface area contributed by atoms with E-state index in [0.29, 0.717) is 11.1 Å². The first kappa shape index (κ1) is 19.4. The minimum atomic E-state index is -0.339. The molecule has 148 valence electrons. The summed E-state index contributed by atoms with van der Waals surface area (Å²) in [5, 5.41) is 19.6. The van der Waals surface area contributed by atoms with Gasteiger partial charge in [-0.3, -0.25) is 4.79 Å². The average molecular weight is 414 g/mol. The molecule has 3 N–H and O–H groups in total. The number of thiazole rings is 1. The first-order valence-electron chi connectivity index (χ1n) is 9.18. The molecule has 0 aliphatic rings. The van der Waals surface area contributed by atoms with Crippen LogP contribution in [-0.4, -0.2) is 22.2 Å². The number of benzene rings is 3. The minimum absolute atomic E-state index is 0.100. The van der Waals surface area contributed by atoms with Crippen molar-refractivity contribution >= 4 is 34.3 Å². The van der Waals surface area contributed by atoms with Crippen LogP contribution >= 0.6 is 11.3 Å². The highest BCUT2D eigenvalue weighted by atomic mass is 32.1. The van der Waals surface area contributed by atoms with E-state index in [2.05, 4.69) is 20.8 Å². The third-order valence-corrected chi connectivity index (χ3v) is 5.04. The van der Waals surface area contributed by atoms with E-state index < -0.39 is 0 Å². The molecule has 1 heterocycles. The van der Waals surface area contributed by atoms with Gasteiger partial charge in [0, 0.05) is 27.8 Å². The van der Waals surface area contributed by atoms with Crippen LogP contribution in [0, 0.1) is 0 Å². The molecule has 0 spiro atoms. The molecular weight excluding hydrogens is 396 g/mol. The normalized spacial score (nSPS) is 10.8. The highest BCUT2D eigenvalue weighted by Gasteiger charge is 2.07. The van der Waals surface area contributed by atoms with Gasteiger partial charge in [0.2, 0.25) is 0 Å². The lowest BCUT2D eigenvalue weighted by Gasteiger charge is -2.04. The van der Waals surface area contributed by atoms with E-state index in [4.69, 9.17) is 0 Å². The van der Waals surface area contributed by atoms with E-state index in [0.717, 1.165) is 22.1 Å². The van der Waals surface area contributed by atoms with Crippen LogP contribution in [0.1, 0.15) is 15.9 Å². The van der Waals surface area contributed by atoms with Crippen LogP contribution in [0.3, 0.4) is 0 Å². The van der Waals surface area contributed by atoms with Crippen LogP contribution in [0.4, 0.5) is 10.8 Å². The number of carbonyl (C=O) groups is 1. The molecule has 4 rings (SSSR count). The number of carbonyl (C=O) groups excluding carboxylic acids is 1. The van der Waals surface area contributed by atoms with Crippen LogP contribution in [0.2, 0.25) is 0 Å². The van der Waals surface area contributed by atoms with Gasteiger partial charge in [-0.05, 0) is 36.4 Å². The Morgan fingerprint density at radius 2 is 1.70 bits per heavy atom. The summed E-state index contributed by atoms with van der Waals surface area (Å²) in [6.45, 7) is 0. The molecule has 6 nitrogen and oxygen atoms in total. The third-order valence-electron chi connectivity index (χ3n) is 4.28. The SMILES string of the molecule is O=C(NN=Cc1ccccc1O)c1ccc(Nc2nc(-c3ccccc3)cs2)cc1. The average Bonchev–Trinajstić information content (AvgIpc) is 3.25. The summed E-state index contributed by atoms with van der Waals surface area (Å²) < 4.78 is 0. The highest BCUT2D eigenvalue weighted by Crippen LogP contribution is 2.27. The van der Waals surface area contributed by atoms with Crippen LogP contribution in [-0.2, 0) is 0 Å². The molecule has 3 aromatic carbocycles. The number of rotatable bonds is 6. The summed E-state index contributed by atoms with van der Waals surface area (Å²) in [4.78, 5) is 16.8. The van der Waals surface area contributed by atoms with Crippen LogP contribution < -0.4 is 10.7 Å². The highest BCUT2D eigenvalue weighted by molar-refractivity contribution is 7.14. The second kappa shape index (κ2) is 9.02. The Balaban J connectivity index is 1.36. The molecule has 0 saturated heterocycles. The van der Waals surface area contributed by atoms with Gasteiger partial charge in [-0.25, -0.2) is 10.4 Å². The van der Waals surface area contributed by atoms with Crippen LogP contribution in [0.25, 0.3) is 11.3 Å². The summed E-state index contributed by atoms with van der Waals surface area (Å²) in [5.74, 6) is -0.239. The number of hydrazone groups is 1. The van der Waals surface area contributed by atoms with Gasteiger partial charge in [-0.2, -0.15) is 5.10 Å². The zero-order valence-corrected chi connectivity index (χ0v) is 16.6. The molecule has 0 aliphatic carbocycles. The quantitative estimate of drug-likeness (QED) is 0.305. The molecule has 0 atom stereocenters. The topological polar surface area (TPSA) is 86.6 Å². The van der Waals surface area contributed by atoms with Gasteiger partial charge < -0.3 is 10.4 Å². The number of hydrogen-bond acceptors (Lipinski definition) is 6. The maximum atomic E-state index is 12.2. The van der Waals surface area contributed by atoms with Crippen molar-refractivity contribution in [1.29, 1.82) is 0 Å². The summed E-state index contributed by atoms with van der Waals surface area (Å²) in [6.07, 6.45) is 1.40. The monoisotopic (exact) mass is 414 g/mol. The van der Waals surface area contributed by atoms with E-state index >= 15 is 0 Å². The lowest BCUT2D eigenvalue weighted by atomic mass is 10.2. The Bertz CT molecular complexity index is 1170. The van der Waals surface area contributed by atoms with Crippen molar-refractivity contribution in [3.63, 3.8) is 0 Å². The van der Waals surface area contributed by atoms with E-state index in [1.807, 2.05) is 47.8 Å². The number of nitrogens with one attached hydrogen (secondary N) is 2. The minimum Gasteiger partial charge on any atom is -0.507 e. The molecule has 0 radical (unpaired) electrons. The van der Waals surface area contributed by atoms with Gasteiger partial charge in [0.25, 0.3) is 5.91 Å². The fourth-order valence-corrected chi connectivity index (χ4v) is 3.46. The largest absolute Gasteiger partial charge is 0.507 e. The molecular formula is C23H18N4O2S. The van der Waals surface area contributed by atoms with Crippen molar-refractivity contribution in [2.24, 2.45) is 5.10 Å². The van der Waals surface area contributed by atoms with Crippen LogP contribution in [0.15, 0.2) is 89.3 Å². The maximum absolute atomic E-state index is 12.2. The van der Waals surface area contributed by atoms with Gasteiger partial charge >= 0.3 is 0 Å². The summed E-state index contributed by atoms with van der Waals surface area (Å²) >= 11 is 1.52. The number of para-hydroxylation sites is 1. The Morgan fingerprint density at radius 1 is 0.967 bits per heavy atom. The molecule has 4 aromatic rings. The molecule has 0 aliphatic heterocycles. The lowest BCUT2D eigenvalue weighted by molar-refractivity contribution is 0.0955.